The Morgan fingerprint density at radius 2 is 2.24 bits per heavy atom. The lowest BCUT2D eigenvalue weighted by Crippen LogP contribution is -2.05. The zero-order valence-corrected chi connectivity index (χ0v) is 11.0. The van der Waals surface area contributed by atoms with Crippen LogP contribution in [0.5, 0.6) is 0 Å². The van der Waals surface area contributed by atoms with Gasteiger partial charge in [-0.25, -0.2) is 4.98 Å². The van der Waals surface area contributed by atoms with Gasteiger partial charge in [0.2, 0.25) is 0 Å². The van der Waals surface area contributed by atoms with Crippen LogP contribution in [0.2, 0.25) is 5.02 Å². The van der Waals surface area contributed by atoms with Crippen molar-refractivity contribution in [3.8, 4) is 0 Å². The second kappa shape index (κ2) is 5.49. The monoisotopic (exact) mass is 268 g/mol. The number of thiazole rings is 1. The maximum Gasteiger partial charge on any atom is 0.180 e. The van der Waals surface area contributed by atoms with Gasteiger partial charge in [0.15, 0.2) is 5.13 Å². The molecule has 0 aliphatic carbocycles. The summed E-state index contributed by atoms with van der Waals surface area (Å²) in [5.74, 6) is 0. The summed E-state index contributed by atoms with van der Waals surface area (Å²) in [5, 5.41) is 1.23. The number of halogens is 1. The van der Waals surface area contributed by atoms with E-state index >= 15 is 0 Å². The molecule has 17 heavy (non-hydrogen) atoms. The van der Waals surface area contributed by atoms with Gasteiger partial charge < -0.3 is 10.5 Å². The number of nitrogen functional groups attached to an aromatic ring is 1. The Labute approximate surface area is 109 Å². The van der Waals surface area contributed by atoms with Crippen molar-refractivity contribution in [1.29, 1.82) is 0 Å². The fourth-order valence-electron chi connectivity index (χ4n) is 1.60. The number of aromatic nitrogens is 1. The average Bonchev–Trinajstić information content (AvgIpc) is 2.74. The molecule has 0 aliphatic heterocycles. The Hall–Kier alpha value is -1.10. The lowest BCUT2D eigenvalue weighted by molar-refractivity contribution is 0.0937. The third kappa shape index (κ3) is 2.77. The van der Waals surface area contributed by atoms with Crippen molar-refractivity contribution in [1.82, 2.24) is 4.98 Å². The summed E-state index contributed by atoms with van der Waals surface area (Å²) >= 11 is 7.61. The molecule has 0 radical (unpaired) electrons. The third-order valence-corrected chi connectivity index (χ3v) is 3.53. The Kier molecular flexibility index (Phi) is 3.99. The first-order valence-corrected chi connectivity index (χ1v) is 6.49. The van der Waals surface area contributed by atoms with Gasteiger partial charge in [-0.15, -0.1) is 0 Å². The average molecular weight is 269 g/mol. The van der Waals surface area contributed by atoms with Crippen LogP contribution in [0, 0.1) is 0 Å². The van der Waals surface area contributed by atoms with E-state index in [1.807, 2.05) is 31.2 Å². The van der Waals surface area contributed by atoms with Crippen molar-refractivity contribution >= 4 is 28.1 Å². The van der Waals surface area contributed by atoms with Crippen LogP contribution < -0.4 is 5.73 Å². The van der Waals surface area contributed by atoms with E-state index in [0.717, 1.165) is 10.4 Å². The largest absolute Gasteiger partial charge is 0.375 e. The molecule has 1 unspecified atom stereocenters. The van der Waals surface area contributed by atoms with Crippen LogP contribution in [0.15, 0.2) is 30.5 Å². The van der Waals surface area contributed by atoms with E-state index < -0.39 is 0 Å². The number of ether oxygens (including phenoxy) is 1. The van der Waals surface area contributed by atoms with E-state index in [2.05, 4.69) is 4.98 Å². The number of hydrogen-bond acceptors (Lipinski definition) is 4. The van der Waals surface area contributed by atoms with E-state index in [-0.39, 0.29) is 6.10 Å². The highest BCUT2D eigenvalue weighted by molar-refractivity contribution is 7.15. The fourth-order valence-corrected chi connectivity index (χ4v) is 2.59. The highest BCUT2D eigenvalue weighted by Gasteiger charge is 2.19. The van der Waals surface area contributed by atoms with E-state index in [1.54, 1.807) is 6.20 Å². The van der Waals surface area contributed by atoms with Gasteiger partial charge in [0.05, 0.1) is 4.88 Å². The maximum atomic E-state index is 6.18. The van der Waals surface area contributed by atoms with Gasteiger partial charge in [0.25, 0.3) is 0 Å². The van der Waals surface area contributed by atoms with E-state index in [9.17, 15) is 0 Å². The number of nitrogens with zero attached hydrogens (tertiary/aromatic N) is 1. The molecular weight excluding hydrogens is 256 g/mol. The summed E-state index contributed by atoms with van der Waals surface area (Å²) in [4.78, 5) is 5.02. The molecule has 3 nitrogen and oxygen atoms in total. The van der Waals surface area contributed by atoms with Crippen molar-refractivity contribution in [2.45, 2.75) is 13.0 Å². The quantitative estimate of drug-likeness (QED) is 0.923. The van der Waals surface area contributed by atoms with Crippen LogP contribution in [0.3, 0.4) is 0 Å². The standard InChI is InChI=1S/C12H13ClN2OS/c1-2-16-11(10-7-15-12(14)17-10)8-5-3-4-6-9(8)13/h3-7,11H,2H2,1H3,(H2,14,15). The van der Waals surface area contributed by atoms with Crippen molar-refractivity contribution in [2.75, 3.05) is 12.3 Å². The second-order valence-electron chi connectivity index (χ2n) is 3.46. The number of anilines is 1. The lowest BCUT2D eigenvalue weighted by atomic mass is 10.1. The smallest absolute Gasteiger partial charge is 0.180 e. The predicted molar refractivity (Wildman–Crippen MR) is 71.4 cm³/mol. The molecule has 0 aliphatic rings. The second-order valence-corrected chi connectivity index (χ2v) is 4.96. The molecule has 1 heterocycles. The van der Waals surface area contributed by atoms with Gasteiger partial charge in [-0.1, -0.05) is 41.1 Å². The minimum absolute atomic E-state index is 0.191. The zero-order chi connectivity index (χ0) is 12.3. The van der Waals surface area contributed by atoms with Crippen LogP contribution in [0.25, 0.3) is 0 Å². The van der Waals surface area contributed by atoms with E-state index in [0.29, 0.717) is 16.8 Å². The molecule has 1 aromatic heterocycles. The van der Waals surface area contributed by atoms with E-state index in [1.165, 1.54) is 11.3 Å². The van der Waals surface area contributed by atoms with Gasteiger partial charge in [0, 0.05) is 23.4 Å². The van der Waals surface area contributed by atoms with Gasteiger partial charge in [-0.3, -0.25) is 0 Å². The van der Waals surface area contributed by atoms with Crippen LogP contribution >= 0.6 is 22.9 Å². The molecule has 5 heteroatoms. The first kappa shape index (κ1) is 12.4. The summed E-state index contributed by atoms with van der Waals surface area (Å²) in [6, 6.07) is 7.65. The Balaban J connectivity index is 2.39. The number of nitrogens with two attached hydrogens (primary N) is 1. The van der Waals surface area contributed by atoms with Crippen LogP contribution in [-0.2, 0) is 4.74 Å². The van der Waals surface area contributed by atoms with Crippen molar-refractivity contribution < 1.29 is 4.74 Å². The molecule has 0 amide bonds. The Bertz CT molecular complexity index is 501. The van der Waals surface area contributed by atoms with Gasteiger partial charge in [-0.05, 0) is 13.0 Å². The first-order chi connectivity index (χ1) is 8.22. The molecular formula is C12H13ClN2OS. The molecule has 2 aromatic rings. The van der Waals surface area contributed by atoms with Crippen LogP contribution in [0.1, 0.15) is 23.5 Å². The SMILES string of the molecule is CCOC(c1cnc(N)s1)c1ccccc1Cl. The topological polar surface area (TPSA) is 48.1 Å². The summed E-state index contributed by atoms with van der Waals surface area (Å²) < 4.78 is 5.74. The number of rotatable bonds is 4. The number of benzene rings is 1. The number of hydrogen-bond donors (Lipinski definition) is 1. The van der Waals surface area contributed by atoms with Crippen molar-refractivity contribution in [3.05, 3.63) is 45.9 Å². The maximum absolute atomic E-state index is 6.18. The molecule has 0 bridgehead atoms. The zero-order valence-electron chi connectivity index (χ0n) is 9.39. The molecule has 0 fully saturated rings. The molecule has 2 rings (SSSR count). The molecule has 0 spiro atoms. The van der Waals surface area contributed by atoms with Gasteiger partial charge in [0.1, 0.15) is 6.10 Å². The fraction of sp³-hybridized carbons (Fsp3) is 0.250. The third-order valence-electron chi connectivity index (χ3n) is 2.32. The highest BCUT2D eigenvalue weighted by atomic mass is 35.5. The van der Waals surface area contributed by atoms with E-state index in [4.69, 9.17) is 22.1 Å². The minimum Gasteiger partial charge on any atom is -0.375 e. The first-order valence-electron chi connectivity index (χ1n) is 5.29. The Morgan fingerprint density at radius 1 is 1.47 bits per heavy atom. The van der Waals surface area contributed by atoms with Gasteiger partial charge >= 0.3 is 0 Å². The lowest BCUT2D eigenvalue weighted by Gasteiger charge is -2.16. The minimum atomic E-state index is -0.191. The Morgan fingerprint density at radius 3 is 2.82 bits per heavy atom. The summed E-state index contributed by atoms with van der Waals surface area (Å²) in [6.07, 6.45) is 1.55. The summed E-state index contributed by atoms with van der Waals surface area (Å²) in [5.41, 5.74) is 6.59. The normalized spacial score (nSPS) is 12.6. The molecule has 1 atom stereocenters. The summed E-state index contributed by atoms with van der Waals surface area (Å²) in [7, 11) is 0. The predicted octanol–water partition coefficient (Wildman–Crippen LogP) is 3.50. The molecule has 2 N–H and O–H groups in total. The molecule has 90 valence electrons. The molecule has 0 saturated heterocycles. The van der Waals surface area contributed by atoms with Crippen molar-refractivity contribution in [2.24, 2.45) is 0 Å². The molecule has 0 saturated carbocycles. The highest BCUT2D eigenvalue weighted by Crippen LogP contribution is 2.34. The van der Waals surface area contributed by atoms with Gasteiger partial charge in [-0.2, -0.15) is 0 Å². The van der Waals surface area contributed by atoms with Crippen molar-refractivity contribution in [3.63, 3.8) is 0 Å². The van der Waals surface area contributed by atoms with Crippen LogP contribution in [-0.4, -0.2) is 11.6 Å². The van der Waals surface area contributed by atoms with Crippen LogP contribution in [0.4, 0.5) is 5.13 Å². The molecule has 1 aromatic carbocycles. The summed E-state index contributed by atoms with van der Waals surface area (Å²) in [6.45, 7) is 2.56.